The molecule has 3 atom stereocenters. The second-order valence-corrected chi connectivity index (χ2v) is 6.85. The fourth-order valence-electron chi connectivity index (χ4n) is 3.49. The zero-order valence-corrected chi connectivity index (χ0v) is 14.8. The molecule has 0 bridgehead atoms. The molecule has 7 nitrogen and oxygen atoms in total. The summed E-state index contributed by atoms with van der Waals surface area (Å²) in [6.45, 7) is 2.59. The fraction of sp³-hybridized carbons (Fsp3) is 0.474. The van der Waals surface area contributed by atoms with Crippen LogP contribution in [0.25, 0.3) is 0 Å². The Labute approximate surface area is 152 Å². The molecule has 3 rings (SSSR count). The number of amides is 2. The largest absolute Gasteiger partial charge is 0.396 e. The zero-order chi connectivity index (χ0) is 18.7. The van der Waals surface area contributed by atoms with Gasteiger partial charge in [-0.25, -0.2) is 0 Å². The zero-order valence-electron chi connectivity index (χ0n) is 14.8. The van der Waals surface area contributed by atoms with Crippen LogP contribution in [0.5, 0.6) is 0 Å². The Hall–Kier alpha value is -2.22. The number of nitrogens with one attached hydrogen (secondary N) is 3. The molecule has 0 radical (unpaired) electrons. The van der Waals surface area contributed by atoms with Crippen molar-refractivity contribution in [2.75, 3.05) is 23.8 Å². The smallest absolute Gasteiger partial charge is 0.261 e. The van der Waals surface area contributed by atoms with E-state index in [0.717, 1.165) is 19.4 Å². The number of anilines is 2. The number of hydrogen-bond donors (Lipinski definition) is 5. The molecule has 0 unspecified atom stereocenters. The number of carbonyl (C=O) groups excluding carboxylic acids is 2. The van der Waals surface area contributed by atoms with E-state index in [2.05, 4.69) is 16.0 Å². The van der Waals surface area contributed by atoms with Crippen LogP contribution in [0.3, 0.4) is 0 Å². The molecule has 7 heteroatoms. The minimum Gasteiger partial charge on any atom is -0.396 e. The molecule has 140 valence electrons. The van der Waals surface area contributed by atoms with Gasteiger partial charge in [0, 0.05) is 29.5 Å². The molecule has 5 N–H and O–H groups in total. The Morgan fingerprint density at radius 3 is 3.00 bits per heavy atom. The third-order valence-electron chi connectivity index (χ3n) is 5.05. The van der Waals surface area contributed by atoms with Gasteiger partial charge in [0.2, 0.25) is 5.91 Å². The van der Waals surface area contributed by atoms with E-state index in [-0.39, 0.29) is 18.6 Å². The van der Waals surface area contributed by atoms with Crippen molar-refractivity contribution in [3.63, 3.8) is 0 Å². The summed E-state index contributed by atoms with van der Waals surface area (Å²) < 4.78 is 0. The number of fused-ring (bicyclic) bond motifs is 1. The second-order valence-electron chi connectivity index (χ2n) is 6.85. The van der Waals surface area contributed by atoms with Gasteiger partial charge in [0.1, 0.15) is 0 Å². The third kappa shape index (κ3) is 3.38. The molecule has 0 saturated carbocycles. The summed E-state index contributed by atoms with van der Waals surface area (Å²) in [5.74, 6) is -1.09. The quantitative estimate of drug-likeness (QED) is 0.488. The topological polar surface area (TPSA) is 111 Å². The van der Waals surface area contributed by atoms with E-state index >= 15 is 0 Å². The average molecular weight is 359 g/mol. The van der Waals surface area contributed by atoms with Gasteiger partial charge in [0.05, 0.1) is 6.04 Å². The summed E-state index contributed by atoms with van der Waals surface area (Å²) in [6.07, 6.45) is 5.69. The van der Waals surface area contributed by atoms with Crippen molar-refractivity contribution in [3.05, 3.63) is 35.9 Å². The van der Waals surface area contributed by atoms with Gasteiger partial charge in [-0.15, -0.1) is 0 Å². The van der Waals surface area contributed by atoms with E-state index in [4.69, 9.17) is 5.11 Å². The van der Waals surface area contributed by atoms with E-state index in [1.165, 1.54) is 0 Å². The number of rotatable bonds is 6. The summed E-state index contributed by atoms with van der Waals surface area (Å²) in [5, 5.41) is 28.7. The summed E-state index contributed by atoms with van der Waals surface area (Å²) in [4.78, 5) is 24.7. The third-order valence-corrected chi connectivity index (χ3v) is 5.05. The van der Waals surface area contributed by atoms with E-state index in [1.807, 2.05) is 0 Å². The highest BCUT2D eigenvalue weighted by molar-refractivity contribution is 6.06. The van der Waals surface area contributed by atoms with E-state index in [9.17, 15) is 14.7 Å². The van der Waals surface area contributed by atoms with Crippen LogP contribution in [0, 0.1) is 5.92 Å². The molecule has 1 fully saturated rings. The Morgan fingerprint density at radius 2 is 2.31 bits per heavy atom. The number of benzene rings is 1. The molecule has 2 aliphatic rings. The van der Waals surface area contributed by atoms with Crippen molar-refractivity contribution in [1.82, 2.24) is 5.32 Å². The molecular formula is C19H25N3O4. The van der Waals surface area contributed by atoms with Crippen LogP contribution >= 0.6 is 0 Å². The van der Waals surface area contributed by atoms with Gasteiger partial charge in [-0.3, -0.25) is 9.59 Å². The molecule has 1 aromatic carbocycles. The van der Waals surface area contributed by atoms with Crippen molar-refractivity contribution in [2.24, 2.45) is 5.92 Å². The van der Waals surface area contributed by atoms with Gasteiger partial charge >= 0.3 is 0 Å². The van der Waals surface area contributed by atoms with Crippen molar-refractivity contribution < 1.29 is 19.8 Å². The van der Waals surface area contributed by atoms with Crippen molar-refractivity contribution >= 4 is 23.2 Å². The van der Waals surface area contributed by atoms with Crippen LogP contribution in [0.2, 0.25) is 0 Å². The monoisotopic (exact) mass is 359 g/mol. The maximum atomic E-state index is 12.4. The SMILES string of the molecule is C[C@H](/C=C/CCO)[C@@]1(O)C(=O)Nc2ccc(NC(=O)[C@H]3CCCN3)cc21. The molecule has 2 amide bonds. The highest BCUT2D eigenvalue weighted by Gasteiger charge is 2.48. The van der Waals surface area contributed by atoms with E-state index in [1.54, 1.807) is 37.3 Å². The number of aliphatic hydroxyl groups excluding tert-OH is 1. The first-order valence-electron chi connectivity index (χ1n) is 8.97. The van der Waals surface area contributed by atoms with Gasteiger partial charge in [-0.05, 0) is 44.0 Å². The molecule has 2 aliphatic heterocycles. The highest BCUT2D eigenvalue weighted by atomic mass is 16.3. The maximum Gasteiger partial charge on any atom is 0.261 e. The van der Waals surface area contributed by atoms with Gasteiger partial charge < -0.3 is 26.2 Å². The summed E-state index contributed by atoms with van der Waals surface area (Å²) in [5.41, 5.74) is -0.185. The Morgan fingerprint density at radius 1 is 1.50 bits per heavy atom. The van der Waals surface area contributed by atoms with Gasteiger partial charge in [-0.2, -0.15) is 0 Å². The maximum absolute atomic E-state index is 12.4. The lowest BCUT2D eigenvalue weighted by Gasteiger charge is -2.26. The predicted molar refractivity (Wildman–Crippen MR) is 98.6 cm³/mol. The van der Waals surface area contributed by atoms with E-state index < -0.39 is 17.4 Å². The van der Waals surface area contributed by atoms with Gasteiger partial charge in [0.15, 0.2) is 5.60 Å². The molecule has 26 heavy (non-hydrogen) atoms. The summed E-state index contributed by atoms with van der Waals surface area (Å²) >= 11 is 0. The molecular weight excluding hydrogens is 334 g/mol. The first kappa shape index (κ1) is 18.6. The second kappa shape index (κ2) is 7.57. The number of carbonyl (C=O) groups is 2. The number of aliphatic hydroxyl groups is 2. The average Bonchev–Trinajstić information content (AvgIpc) is 3.24. The minimum atomic E-state index is -1.71. The van der Waals surface area contributed by atoms with Crippen molar-refractivity contribution in [1.29, 1.82) is 0 Å². The normalized spacial score (nSPS) is 26.0. The molecule has 1 aromatic rings. The standard InChI is InChI=1S/C19H25N3O4/c1-12(5-2-3-10-23)19(26)14-11-13(7-8-15(14)22-18(19)25)21-17(24)16-6-4-9-20-16/h2,5,7-8,11-12,16,20,23,26H,3-4,6,9-10H2,1H3,(H,21,24)(H,22,25)/b5-2+/t12-,16-,19+/m1/s1. The van der Waals surface area contributed by atoms with Crippen LogP contribution in [0.1, 0.15) is 31.7 Å². The van der Waals surface area contributed by atoms with Gasteiger partial charge in [-0.1, -0.05) is 19.1 Å². The number of hydrogen-bond acceptors (Lipinski definition) is 5. The predicted octanol–water partition coefficient (Wildman–Crippen LogP) is 1.09. The van der Waals surface area contributed by atoms with Crippen LogP contribution in [0.15, 0.2) is 30.4 Å². The summed E-state index contributed by atoms with van der Waals surface area (Å²) in [6, 6.07) is 4.84. The van der Waals surface area contributed by atoms with E-state index in [0.29, 0.717) is 23.4 Å². The lowest BCUT2D eigenvalue weighted by Crippen LogP contribution is -2.40. The Kier molecular flexibility index (Phi) is 5.41. The van der Waals surface area contributed by atoms with Crippen molar-refractivity contribution in [3.8, 4) is 0 Å². The van der Waals surface area contributed by atoms with Crippen LogP contribution in [0.4, 0.5) is 11.4 Å². The molecule has 0 aliphatic carbocycles. The first-order valence-corrected chi connectivity index (χ1v) is 8.97. The van der Waals surface area contributed by atoms with Crippen LogP contribution in [-0.4, -0.2) is 41.2 Å². The molecule has 0 spiro atoms. The lowest BCUT2D eigenvalue weighted by atomic mass is 9.82. The Bertz CT molecular complexity index is 727. The minimum absolute atomic E-state index is 0.00974. The fourth-order valence-corrected chi connectivity index (χ4v) is 3.49. The lowest BCUT2D eigenvalue weighted by molar-refractivity contribution is -0.137. The molecule has 1 saturated heterocycles. The Balaban J connectivity index is 1.83. The summed E-state index contributed by atoms with van der Waals surface area (Å²) in [7, 11) is 0. The van der Waals surface area contributed by atoms with Crippen molar-refractivity contribution in [2.45, 2.75) is 37.8 Å². The molecule has 2 heterocycles. The van der Waals surface area contributed by atoms with Crippen LogP contribution < -0.4 is 16.0 Å². The molecule has 0 aromatic heterocycles. The van der Waals surface area contributed by atoms with Crippen LogP contribution in [-0.2, 0) is 15.2 Å². The van der Waals surface area contributed by atoms with Gasteiger partial charge in [0.25, 0.3) is 5.91 Å². The first-order chi connectivity index (χ1) is 12.5. The highest BCUT2D eigenvalue weighted by Crippen LogP contribution is 2.42.